The SMILES string of the molecule is COc1ccccc1CNC(=O)COC(=O)c1ccc(OC(C)C)c(OC)c1. The molecule has 0 aliphatic rings. The molecule has 0 saturated heterocycles. The van der Waals surface area contributed by atoms with E-state index in [-0.39, 0.29) is 24.8 Å². The van der Waals surface area contributed by atoms with Crippen molar-refractivity contribution in [3.05, 3.63) is 53.6 Å². The summed E-state index contributed by atoms with van der Waals surface area (Å²) >= 11 is 0. The molecule has 1 amide bonds. The van der Waals surface area contributed by atoms with E-state index in [1.165, 1.54) is 13.2 Å². The van der Waals surface area contributed by atoms with Gasteiger partial charge in [0.15, 0.2) is 18.1 Å². The monoisotopic (exact) mass is 387 g/mol. The predicted octanol–water partition coefficient (Wildman–Crippen LogP) is 2.96. The third-order valence-corrected chi connectivity index (χ3v) is 3.76. The quantitative estimate of drug-likeness (QED) is 0.666. The Kier molecular flexibility index (Phi) is 7.68. The lowest BCUT2D eigenvalue weighted by molar-refractivity contribution is -0.124. The van der Waals surface area contributed by atoms with Gasteiger partial charge in [0, 0.05) is 12.1 Å². The van der Waals surface area contributed by atoms with Crippen molar-refractivity contribution >= 4 is 11.9 Å². The van der Waals surface area contributed by atoms with Crippen LogP contribution in [0.5, 0.6) is 17.2 Å². The van der Waals surface area contributed by atoms with Gasteiger partial charge in [-0.3, -0.25) is 4.79 Å². The normalized spacial score (nSPS) is 10.3. The third kappa shape index (κ3) is 5.90. The van der Waals surface area contributed by atoms with Crippen LogP contribution in [0.25, 0.3) is 0 Å². The molecular weight excluding hydrogens is 362 g/mol. The molecule has 0 spiro atoms. The molecule has 0 saturated carbocycles. The maximum absolute atomic E-state index is 12.2. The standard InChI is InChI=1S/C21H25NO6/c1-14(2)28-18-10-9-15(11-19(18)26-4)21(24)27-13-20(23)22-12-16-7-5-6-8-17(16)25-3/h5-11,14H,12-13H2,1-4H3,(H,22,23). The number of ether oxygens (including phenoxy) is 4. The Balaban J connectivity index is 1.90. The summed E-state index contributed by atoms with van der Waals surface area (Å²) in [6.45, 7) is 3.67. The first kappa shape index (κ1) is 21.1. The smallest absolute Gasteiger partial charge is 0.338 e. The van der Waals surface area contributed by atoms with Crippen molar-refractivity contribution in [2.24, 2.45) is 0 Å². The van der Waals surface area contributed by atoms with Crippen molar-refractivity contribution in [2.75, 3.05) is 20.8 Å². The van der Waals surface area contributed by atoms with Crippen LogP contribution >= 0.6 is 0 Å². The van der Waals surface area contributed by atoms with E-state index in [2.05, 4.69) is 5.32 Å². The molecule has 0 fully saturated rings. The van der Waals surface area contributed by atoms with E-state index in [9.17, 15) is 9.59 Å². The molecule has 2 aromatic carbocycles. The highest BCUT2D eigenvalue weighted by Crippen LogP contribution is 2.29. The predicted molar refractivity (Wildman–Crippen MR) is 104 cm³/mol. The first-order valence-electron chi connectivity index (χ1n) is 8.85. The molecule has 2 aromatic rings. The number of methoxy groups -OCH3 is 2. The zero-order chi connectivity index (χ0) is 20.5. The second-order valence-electron chi connectivity index (χ2n) is 6.20. The zero-order valence-corrected chi connectivity index (χ0v) is 16.5. The molecule has 0 unspecified atom stereocenters. The number of carbonyl (C=O) groups excluding carboxylic acids is 2. The molecule has 0 atom stereocenters. The lowest BCUT2D eigenvalue weighted by atomic mass is 10.2. The Morgan fingerprint density at radius 2 is 1.68 bits per heavy atom. The van der Waals surface area contributed by atoms with Crippen molar-refractivity contribution < 1.29 is 28.5 Å². The molecule has 0 radical (unpaired) electrons. The maximum atomic E-state index is 12.2. The fourth-order valence-corrected chi connectivity index (χ4v) is 2.45. The summed E-state index contributed by atoms with van der Waals surface area (Å²) in [5.41, 5.74) is 1.10. The first-order valence-corrected chi connectivity index (χ1v) is 8.85. The number of esters is 1. The molecule has 150 valence electrons. The highest BCUT2D eigenvalue weighted by molar-refractivity contribution is 5.92. The van der Waals surface area contributed by atoms with Crippen LogP contribution in [-0.2, 0) is 16.1 Å². The van der Waals surface area contributed by atoms with Gasteiger partial charge >= 0.3 is 5.97 Å². The second-order valence-corrected chi connectivity index (χ2v) is 6.20. The highest BCUT2D eigenvalue weighted by Gasteiger charge is 2.15. The van der Waals surface area contributed by atoms with Gasteiger partial charge in [0.2, 0.25) is 0 Å². The van der Waals surface area contributed by atoms with E-state index in [1.54, 1.807) is 19.2 Å². The van der Waals surface area contributed by atoms with Crippen LogP contribution in [0.1, 0.15) is 29.8 Å². The largest absolute Gasteiger partial charge is 0.496 e. The van der Waals surface area contributed by atoms with E-state index in [1.807, 2.05) is 38.1 Å². The maximum Gasteiger partial charge on any atom is 0.338 e. The molecule has 0 bridgehead atoms. The van der Waals surface area contributed by atoms with Gasteiger partial charge in [-0.1, -0.05) is 18.2 Å². The number of hydrogen-bond donors (Lipinski definition) is 1. The number of amides is 1. The summed E-state index contributed by atoms with van der Waals surface area (Å²) in [6.07, 6.45) is -0.0290. The van der Waals surface area contributed by atoms with E-state index >= 15 is 0 Å². The number of carbonyl (C=O) groups is 2. The molecule has 7 nitrogen and oxygen atoms in total. The Morgan fingerprint density at radius 3 is 2.36 bits per heavy atom. The van der Waals surface area contributed by atoms with Crippen molar-refractivity contribution in [1.82, 2.24) is 5.32 Å². The number of benzene rings is 2. The number of rotatable bonds is 9. The van der Waals surface area contributed by atoms with Gasteiger partial charge < -0.3 is 24.3 Å². The fraction of sp³-hybridized carbons (Fsp3) is 0.333. The summed E-state index contributed by atoms with van der Waals surface area (Å²) < 4.78 is 21.2. The van der Waals surface area contributed by atoms with Crippen molar-refractivity contribution in [1.29, 1.82) is 0 Å². The van der Waals surface area contributed by atoms with Crippen LogP contribution in [0, 0.1) is 0 Å². The molecule has 2 rings (SSSR count). The summed E-state index contributed by atoms with van der Waals surface area (Å²) in [6, 6.07) is 12.1. The topological polar surface area (TPSA) is 83.1 Å². The van der Waals surface area contributed by atoms with Gasteiger partial charge in [-0.2, -0.15) is 0 Å². The number of nitrogens with one attached hydrogen (secondary N) is 1. The van der Waals surface area contributed by atoms with E-state index < -0.39 is 11.9 Å². The summed E-state index contributed by atoms with van der Waals surface area (Å²) in [5.74, 6) is 0.593. The molecule has 0 aromatic heterocycles. The van der Waals surface area contributed by atoms with Crippen molar-refractivity contribution in [3.63, 3.8) is 0 Å². The Labute approximate surface area is 164 Å². The van der Waals surface area contributed by atoms with Crippen LogP contribution in [-0.4, -0.2) is 38.8 Å². The Hall–Kier alpha value is -3.22. The molecule has 1 N–H and O–H groups in total. The summed E-state index contributed by atoms with van der Waals surface area (Å²) in [7, 11) is 3.05. The van der Waals surface area contributed by atoms with Gasteiger partial charge in [0.25, 0.3) is 5.91 Å². The molecule has 0 aliphatic heterocycles. The average Bonchev–Trinajstić information content (AvgIpc) is 2.70. The summed E-state index contributed by atoms with van der Waals surface area (Å²) in [4.78, 5) is 24.2. The summed E-state index contributed by atoms with van der Waals surface area (Å²) in [5, 5.41) is 2.69. The minimum atomic E-state index is -0.623. The molecule has 7 heteroatoms. The van der Waals surface area contributed by atoms with Crippen LogP contribution in [0.2, 0.25) is 0 Å². The van der Waals surface area contributed by atoms with Crippen LogP contribution in [0.4, 0.5) is 0 Å². The van der Waals surface area contributed by atoms with Gasteiger partial charge in [0.05, 0.1) is 25.9 Å². The molecular formula is C21H25NO6. The Bertz CT molecular complexity index is 818. The second kappa shape index (κ2) is 10.2. The Morgan fingerprint density at radius 1 is 0.964 bits per heavy atom. The van der Waals surface area contributed by atoms with Gasteiger partial charge in [-0.15, -0.1) is 0 Å². The first-order chi connectivity index (χ1) is 13.4. The van der Waals surface area contributed by atoms with Gasteiger partial charge in [-0.25, -0.2) is 4.79 Å². The highest BCUT2D eigenvalue weighted by atomic mass is 16.5. The molecule has 0 heterocycles. The fourth-order valence-electron chi connectivity index (χ4n) is 2.45. The number of hydrogen-bond acceptors (Lipinski definition) is 6. The molecule has 0 aliphatic carbocycles. The van der Waals surface area contributed by atoms with Gasteiger partial charge in [-0.05, 0) is 38.1 Å². The van der Waals surface area contributed by atoms with E-state index in [0.717, 1.165) is 5.56 Å². The van der Waals surface area contributed by atoms with Gasteiger partial charge in [0.1, 0.15) is 5.75 Å². The van der Waals surface area contributed by atoms with Crippen LogP contribution in [0.3, 0.4) is 0 Å². The number of para-hydroxylation sites is 1. The van der Waals surface area contributed by atoms with Crippen LogP contribution in [0.15, 0.2) is 42.5 Å². The van der Waals surface area contributed by atoms with E-state index in [0.29, 0.717) is 17.2 Å². The van der Waals surface area contributed by atoms with Crippen molar-refractivity contribution in [3.8, 4) is 17.2 Å². The van der Waals surface area contributed by atoms with Crippen molar-refractivity contribution in [2.45, 2.75) is 26.5 Å². The minimum absolute atomic E-state index is 0.0290. The third-order valence-electron chi connectivity index (χ3n) is 3.76. The van der Waals surface area contributed by atoms with E-state index in [4.69, 9.17) is 18.9 Å². The average molecular weight is 387 g/mol. The zero-order valence-electron chi connectivity index (χ0n) is 16.5. The molecule has 28 heavy (non-hydrogen) atoms. The lowest BCUT2D eigenvalue weighted by Crippen LogP contribution is -2.28. The lowest BCUT2D eigenvalue weighted by Gasteiger charge is -2.14. The minimum Gasteiger partial charge on any atom is -0.496 e. The van der Waals surface area contributed by atoms with Crippen LogP contribution < -0.4 is 19.5 Å².